The van der Waals surface area contributed by atoms with Crippen molar-refractivity contribution in [3.63, 3.8) is 0 Å². The van der Waals surface area contributed by atoms with Gasteiger partial charge in [-0.25, -0.2) is 0 Å². The number of benzene rings is 1. The predicted molar refractivity (Wildman–Crippen MR) is 88.8 cm³/mol. The van der Waals surface area contributed by atoms with Gasteiger partial charge in [0.1, 0.15) is 12.4 Å². The van der Waals surface area contributed by atoms with Gasteiger partial charge in [-0.2, -0.15) is 0 Å². The summed E-state index contributed by atoms with van der Waals surface area (Å²) in [5.41, 5.74) is 1.26. The zero-order valence-electron chi connectivity index (χ0n) is 13.6. The first-order chi connectivity index (χ1) is 10.3. The van der Waals surface area contributed by atoms with Crippen LogP contribution in [0.15, 0.2) is 24.3 Å². The van der Waals surface area contributed by atoms with Crippen molar-refractivity contribution in [2.45, 2.75) is 52.1 Å². The van der Waals surface area contributed by atoms with Gasteiger partial charge in [0.05, 0.1) is 0 Å². The average Bonchev–Trinajstić information content (AvgIpc) is 2.51. The van der Waals surface area contributed by atoms with Gasteiger partial charge in [0.25, 0.3) is 0 Å². The van der Waals surface area contributed by atoms with Gasteiger partial charge < -0.3 is 10.1 Å². The van der Waals surface area contributed by atoms with E-state index in [9.17, 15) is 0 Å². The summed E-state index contributed by atoms with van der Waals surface area (Å²) in [6.45, 7) is 9.53. The number of nitrogens with one attached hydrogen (secondary N) is 1. The molecular weight excluding hydrogens is 260 g/mol. The molecule has 1 saturated heterocycles. The summed E-state index contributed by atoms with van der Waals surface area (Å²) >= 11 is 0. The smallest absolute Gasteiger partial charge is 0.123 e. The van der Waals surface area contributed by atoms with E-state index in [4.69, 9.17) is 4.74 Å². The number of nitrogens with zero attached hydrogens (tertiary/aromatic N) is 1. The van der Waals surface area contributed by atoms with Crippen LogP contribution in [0.5, 0.6) is 5.75 Å². The molecule has 0 spiro atoms. The van der Waals surface area contributed by atoms with Gasteiger partial charge in [-0.05, 0) is 45.3 Å². The van der Waals surface area contributed by atoms with Crippen molar-refractivity contribution in [3.8, 4) is 5.75 Å². The number of likely N-dealkylation sites (tertiary alicyclic amines) is 1. The van der Waals surface area contributed by atoms with Gasteiger partial charge in [0.15, 0.2) is 0 Å². The second-order valence-corrected chi connectivity index (χ2v) is 6.01. The molecule has 0 bridgehead atoms. The van der Waals surface area contributed by atoms with Crippen LogP contribution >= 0.6 is 0 Å². The first-order valence-corrected chi connectivity index (χ1v) is 8.46. The van der Waals surface area contributed by atoms with Gasteiger partial charge in [0, 0.05) is 24.7 Å². The van der Waals surface area contributed by atoms with Crippen LogP contribution in [0, 0.1) is 0 Å². The molecule has 1 fully saturated rings. The number of rotatable bonds is 8. The standard InChI is InChI=1S/C18H30N2O/c1-3-11-19-15-17-9-4-5-10-18(17)21-14-13-20-12-7-6-8-16(20)2/h4-5,9-10,16,19H,3,6-8,11-15H2,1-2H3. The summed E-state index contributed by atoms with van der Waals surface area (Å²) in [6.07, 6.45) is 5.21. The lowest BCUT2D eigenvalue weighted by molar-refractivity contribution is 0.133. The third-order valence-electron chi connectivity index (χ3n) is 4.29. The van der Waals surface area contributed by atoms with E-state index in [2.05, 4.69) is 48.3 Å². The van der Waals surface area contributed by atoms with Crippen molar-refractivity contribution in [1.82, 2.24) is 10.2 Å². The SMILES string of the molecule is CCCNCc1ccccc1OCCN1CCCCC1C. The molecule has 118 valence electrons. The molecule has 1 atom stereocenters. The molecule has 1 aliphatic heterocycles. The third kappa shape index (κ3) is 5.33. The van der Waals surface area contributed by atoms with Gasteiger partial charge >= 0.3 is 0 Å². The minimum Gasteiger partial charge on any atom is -0.492 e. The summed E-state index contributed by atoms with van der Waals surface area (Å²) < 4.78 is 6.04. The first kappa shape index (κ1) is 16.3. The zero-order valence-corrected chi connectivity index (χ0v) is 13.6. The topological polar surface area (TPSA) is 24.5 Å². The lowest BCUT2D eigenvalue weighted by Crippen LogP contribution is -2.39. The normalized spacial score (nSPS) is 19.6. The summed E-state index contributed by atoms with van der Waals surface area (Å²) in [5.74, 6) is 1.03. The lowest BCUT2D eigenvalue weighted by atomic mass is 10.0. The Morgan fingerprint density at radius 2 is 2.14 bits per heavy atom. The first-order valence-electron chi connectivity index (χ1n) is 8.46. The van der Waals surface area contributed by atoms with Crippen LogP contribution in [0.25, 0.3) is 0 Å². The Morgan fingerprint density at radius 1 is 1.29 bits per heavy atom. The van der Waals surface area contributed by atoms with Crippen LogP contribution in [0.4, 0.5) is 0 Å². The fourth-order valence-electron chi connectivity index (χ4n) is 2.95. The van der Waals surface area contributed by atoms with Crippen LogP contribution in [0.2, 0.25) is 0 Å². The largest absolute Gasteiger partial charge is 0.492 e. The molecular formula is C18H30N2O. The molecule has 1 aromatic carbocycles. The highest BCUT2D eigenvalue weighted by Crippen LogP contribution is 2.19. The Hall–Kier alpha value is -1.06. The average molecular weight is 290 g/mol. The van der Waals surface area contributed by atoms with Crippen LogP contribution in [-0.4, -0.2) is 37.2 Å². The molecule has 0 radical (unpaired) electrons. The fraction of sp³-hybridized carbons (Fsp3) is 0.667. The minimum absolute atomic E-state index is 0.712. The van der Waals surface area contributed by atoms with E-state index in [1.165, 1.54) is 31.4 Å². The minimum atomic E-state index is 0.712. The van der Waals surface area contributed by atoms with E-state index in [0.717, 1.165) is 38.4 Å². The van der Waals surface area contributed by atoms with Gasteiger partial charge in [-0.1, -0.05) is 31.5 Å². The van der Waals surface area contributed by atoms with Crippen LogP contribution in [0.1, 0.15) is 45.1 Å². The summed E-state index contributed by atoms with van der Waals surface area (Å²) in [5, 5.41) is 3.45. The van der Waals surface area contributed by atoms with E-state index in [0.29, 0.717) is 6.04 Å². The van der Waals surface area contributed by atoms with Crippen molar-refractivity contribution in [2.75, 3.05) is 26.2 Å². The Morgan fingerprint density at radius 3 is 2.95 bits per heavy atom. The van der Waals surface area contributed by atoms with Crippen LogP contribution < -0.4 is 10.1 Å². The van der Waals surface area contributed by atoms with Crippen molar-refractivity contribution >= 4 is 0 Å². The van der Waals surface area contributed by atoms with Gasteiger partial charge in [0.2, 0.25) is 0 Å². The highest BCUT2D eigenvalue weighted by Gasteiger charge is 2.17. The number of para-hydroxylation sites is 1. The molecule has 0 aromatic heterocycles. The molecule has 21 heavy (non-hydrogen) atoms. The van der Waals surface area contributed by atoms with E-state index >= 15 is 0 Å². The van der Waals surface area contributed by atoms with Crippen molar-refractivity contribution in [2.24, 2.45) is 0 Å². The molecule has 1 N–H and O–H groups in total. The summed E-state index contributed by atoms with van der Waals surface area (Å²) in [6, 6.07) is 9.10. The maximum Gasteiger partial charge on any atom is 0.123 e. The summed E-state index contributed by atoms with van der Waals surface area (Å²) in [7, 11) is 0. The van der Waals surface area contributed by atoms with Gasteiger partial charge in [-0.15, -0.1) is 0 Å². The Bertz CT molecular complexity index is 408. The number of piperidine rings is 1. The Labute approximate surface area is 129 Å². The van der Waals surface area contributed by atoms with E-state index in [1.54, 1.807) is 0 Å². The zero-order chi connectivity index (χ0) is 14.9. The second kappa shape index (κ2) is 9.06. The molecule has 1 unspecified atom stereocenters. The molecule has 3 nitrogen and oxygen atoms in total. The number of ether oxygens (including phenoxy) is 1. The lowest BCUT2D eigenvalue weighted by Gasteiger charge is -2.33. The molecule has 0 saturated carbocycles. The fourth-order valence-corrected chi connectivity index (χ4v) is 2.95. The Balaban J connectivity index is 1.79. The van der Waals surface area contributed by atoms with E-state index in [-0.39, 0.29) is 0 Å². The van der Waals surface area contributed by atoms with Crippen LogP contribution in [0.3, 0.4) is 0 Å². The molecule has 2 rings (SSSR count). The quantitative estimate of drug-likeness (QED) is 0.742. The molecule has 0 amide bonds. The second-order valence-electron chi connectivity index (χ2n) is 6.01. The number of hydrogen-bond donors (Lipinski definition) is 1. The molecule has 0 aliphatic carbocycles. The maximum absolute atomic E-state index is 6.04. The molecule has 3 heteroatoms. The molecule has 1 aliphatic rings. The molecule has 1 aromatic rings. The maximum atomic E-state index is 6.04. The highest BCUT2D eigenvalue weighted by atomic mass is 16.5. The van der Waals surface area contributed by atoms with Crippen molar-refractivity contribution < 1.29 is 4.74 Å². The van der Waals surface area contributed by atoms with E-state index < -0.39 is 0 Å². The summed E-state index contributed by atoms with van der Waals surface area (Å²) in [4.78, 5) is 2.56. The highest BCUT2D eigenvalue weighted by molar-refractivity contribution is 5.33. The molecule has 1 heterocycles. The van der Waals surface area contributed by atoms with Crippen molar-refractivity contribution in [3.05, 3.63) is 29.8 Å². The van der Waals surface area contributed by atoms with E-state index in [1.807, 2.05) is 0 Å². The monoisotopic (exact) mass is 290 g/mol. The third-order valence-corrected chi connectivity index (χ3v) is 4.29. The predicted octanol–water partition coefficient (Wildman–Crippen LogP) is 3.44. The van der Waals surface area contributed by atoms with Crippen molar-refractivity contribution in [1.29, 1.82) is 0 Å². The number of hydrogen-bond acceptors (Lipinski definition) is 3. The van der Waals surface area contributed by atoms with Gasteiger partial charge in [-0.3, -0.25) is 4.90 Å². The van der Waals surface area contributed by atoms with Crippen LogP contribution in [-0.2, 0) is 6.54 Å². The Kier molecular flexibility index (Phi) is 7.04.